The average Bonchev–Trinajstić information content (AvgIpc) is 2.71. The maximum atomic E-state index is 12.5. The van der Waals surface area contributed by atoms with Crippen LogP contribution in [-0.4, -0.2) is 67.3 Å². The predicted octanol–water partition coefficient (Wildman–Crippen LogP) is 0.591. The number of morpholine rings is 1. The molecule has 162 valence electrons. The van der Waals surface area contributed by atoms with Crippen LogP contribution in [0, 0.1) is 0 Å². The molecule has 30 heavy (non-hydrogen) atoms. The summed E-state index contributed by atoms with van der Waals surface area (Å²) in [5.41, 5.74) is 0.753. The van der Waals surface area contributed by atoms with Gasteiger partial charge in [0.15, 0.2) is 11.5 Å². The van der Waals surface area contributed by atoms with E-state index in [2.05, 4.69) is 15.5 Å². The van der Waals surface area contributed by atoms with Crippen LogP contribution >= 0.6 is 0 Å². The number of carbonyl (C=O) groups excluding carboxylic acids is 3. The minimum Gasteiger partial charge on any atom is -0.482 e. The van der Waals surface area contributed by atoms with Crippen LogP contribution in [0.2, 0.25) is 0 Å². The van der Waals surface area contributed by atoms with E-state index in [0.29, 0.717) is 18.9 Å². The molecule has 0 aliphatic carbocycles. The number of aliphatic hydroxyl groups is 1. The van der Waals surface area contributed by atoms with Crippen molar-refractivity contribution in [3.63, 3.8) is 0 Å². The first-order chi connectivity index (χ1) is 14.3. The van der Waals surface area contributed by atoms with Crippen LogP contribution in [0.5, 0.6) is 0 Å². The molecule has 0 spiro atoms. The van der Waals surface area contributed by atoms with E-state index >= 15 is 0 Å². The highest BCUT2D eigenvalue weighted by molar-refractivity contribution is 6.04. The first-order valence-electron chi connectivity index (χ1n) is 9.86. The molecule has 0 unspecified atom stereocenters. The summed E-state index contributed by atoms with van der Waals surface area (Å²) in [5.74, 6) is -1.71. The zero-order chi connectivity index (χ0) is 21.7. The van der Waals surface area contributed by atoms with Crippen LogP contribution in [-0.2, 0) is 23.9 Å². The molecule has 1 saturated heterocycles. The fraction of sp³-hybridized carbons (Fsp3) is 0.476. The maximum Gasteiger partial charge on any atom is 0.287 e. The van der Waals surface area contributed by atoms with Crippen molar-refractivity contribution in [2.45, 2.75) is 31.9 Å². The Morgan fingerprint density at radius 1 is 1.20 bits per heavy atom. The first-order valence-corrected chi connectivity index (χ1v) is 9.86. The lowest BCUT2D eigenvalue weighted by atomic mass is 9.98. The van der Waals surface area contributed by atoms with Crippen molar-refractivity contribution in [3.8, 4) is 0 Å². The van der Waals surface area contributed by atoms with Gasteiger partial charge in [-0.2, -0.15) is 0 Å². The normalized spacial score (nSPS) is 19.4. The van der Waals surface area contributed by atoms with Crippen LogP contribution in [0.1, 0.15) is 20.3 Å². The number of ether oxygens (including phenoxy) is 2. The molecule has 9 heteroatoms. The van der Waals surface area contributed by atoms with Crippen molar-refractivity contribution in [3.05, 3.63) is 36.1 Å². The van der Waals surface area contributed by atoms with Gasteiger partial charge < -0.3 is 30.1 Å². The molecular weight excluding hydrogens is 390 g/mol. The molecule has 0 aromatic heterocycles. The summed E-state index contributed by atoms with van der Waals surface area (Å²) in [4.78, 5) is 38.9. The van der Waals surface area contributed by atoms with Crippen molar-refractivity contribution in [1.82, 2.24) is 5.32 Å². The summed E-state index contributed by atoms with van der Waals surface area (Å²) >= 11 is 0. The van der Waals surface area contributed by atoms with Gasteiger partial charge in [0.25, 0.3) is 5.91 Å². The number of benzene rings is 1. The van der Waals surface area contributed by atoms with Gasteiger partial charge in [0.2, 0.25) is 5.91 Å². The zero-order valence-corrected chi connectivity index (χ0v) is 17.1. The Labute approximate surface area is 175 Å². The van der Waals surface area contributed by atoms with E-state index in [-0.39, 0.29) is 18.0 Å². The fourth-order valence-corrected chi connectivity index (χ4v) is 3.32. The lowest BCUT2D eigenvalue weighted by molar-refractivity contribution is -0.133. The molecule has 1 fully saturated rings. The summed E-state index contributed by atoms with van der Waals surface area (Å²) in [5, 5.41) is 14.7. The molecule has 0 radical (unpaired) electrons. The Balaban J connectivity index is 1.59. The van der Waals surface area contributed by atoms with Gasteiger partial charge in [0, 0.05) is 37.0 Å². The summed E-state index contributed by atoms with van der Waals surface area (Å²) in [6, 6.07) is 6.10. The fourth-order valence-electron chi connectivity index (χ4n) is 3.32. The van der Waals surface area contributed by atoms with Crippen molar-refractivity contribution < 1.29 is 29.0 Å². The van der Waals surface area contributed by atoms with E-state index in [1.54, 1.807) is 26.0 Å². The average molecular weight is 417 g/mol. The van der Waals surface area contributed by atoms with Gasteiger partial charge >= 0.3 is 0 Å². The quantitative estimate of drug-likeness (QED) is 0.620. The monoisotopic (exact) mass is 417 g/mol. The number of nitrogens with one attached hydrogen (secondary N) is 2. The van der Waals surface area contributed by atoms with Gasteiger partial charge in [-0.25, -0.2) is 0 Å². The lowest BCUT2D eigenvalue weighted by Crippen LogP contribution is -2.48. The number of hydrogen-bond acceptors (Lipinski definition) is 7. The second-order valence-corrected chi connectivity index (χ2v) is 7.86. The van der Waals surface area contributed by atoms with Gasteiger partial charge in [-0.15, -0.1) is 0 Å². The van der Waals surface area contributed by atoms with Crippen LogP contribution in [0.15, 0.2) is 36.1 Å². The number of anilines is 2. The maximum absolute atomic E-state index is 12.5. The molecule has 1 aromatic carbocycles. The summed E-state index contributed by atoms with van der Waals surface area (Å²) in [6.45, 7) is 5.76. The molecule has 2 aliphatic heterocycles. The second kappa shape index (κ2) is 9.27. The van der Waals surface area contributed by atoms with E-state index in [4.69, 9.17) is 9.47 Å². The van der Waals surface area contributed by atoms with Gasteiger partial charge in [0.1, 0.15) is 11.6 Å². The molecule has 1 atom stereocenters. The second-order valence-electron chi connectivity index (χ2n) is 7.86. The smallest absolute Gasteiger partial charge is 0.287 e. The topological polar surface area (TPSA) is 117 Å². The number of allylic oxidation sites excluding steroid dienone is 1. The number of aliphatic hydroxyl groups excluding tert-OH is 1. The third-order valence-electron chi connectivity index (χ3n) is 4.82. The summed E-state index contributed by atoms with van der Waals surface area (Å²) in [6.07, 6.45) is 1.27. The SMILES string of the molecule is CC1(C)CC(=O)C=C(C(=O)N[C@@H](CO)C(=O)Nc2ccc(N3CCOCC3)cc2)O1. The minimum atomic E-state index is -1.19. The van der Waals surface area contributed by atoms with Gasteiger partial charge in [-0.3, -0.25) is 14.4 Å². The van der Waals surface area contributed by atoms with Crippen molar-refractivity contribution in [2.75, 3.05) is 43.1 Å². The van der Waals surface area contributed by atoms with Crippen LogP contribution < -0.4 is 15.5 Å². The molecule has 2 heterocycles. The Morgan fingerprint density at radius 2 is 1.87 bits per heavy atom. The Kier molecular flexibility index (Phi) is 6.73. The molecule has 9 nitrogen and oxygen atoms in total. The van der Waals surface area contributed by atoms with Crippen LogP contribution in [0.4, 0.5) is 11.4 Å². The van der Waals surface area contributed by atoms with Crippen molar-refractivity contribution in [1.29, 1.82) is 0 Å². The summed E-state index contributed by atoms with van der Waals surface area (Å²) in [7, 11) is 0. The molecule has 2 amide bonds. The third kappa shape index (κ3) is 5.58. The summed E-state index contributed by atoms with van der Waals surface area (Å²) < 4.78 is 10.9. The lowest BCUT2D eigenvalue weighted by Gasteiger charge is -2.30. The highest BCUT2D eigenvalue weighted by Crippen LogP contribution is 2.24. The number of carbonyl (C=O) groups is 3. The highest BCUT2D eigenvalue weighted by Gasteiger charge is 2.33. The number of nitrogens with zero attached hydrogens (tertiary/aromatic N) is 1. The van der Waals surface area contributed by atoms with E-state index in [1.165, 1.54) is 0 Å². The number of amides is 2. The van der Waals surface area contributed by atoms with Gasteiger partial charge in [0.05, 0.1) is 19.8 Å². The largest absolute Gasteiger partial charge is 0.482 e. The molecule has 2 aliphatic rings. The molecule has 3 rings (SSSR count). The van der Waals surface area contributed by atoms with E-state index in [0.717, 1.165) is 24.9 Å². The van der Waals surface area contributed by atoms with Crippen molar-refractivity contribution in [2.24, 2.45) is 0 Å². The molecular formula is C21H27N3O6. The Morgan fingerprint density at radius 3 is 2.47 bits per heavy atom. The minimum absolute atomic E-state index is 0.161. The van der Waals surface area contributed by atoms with Crippen molar-refractivity contribution >= 4 is 29.0 Å². The number of hydrogen-bond donors (Lipinski definition) is 3. The van der Waals surface area contributed by atoms with Gasteiger partial charge in [-0.05, 0) is 38.1 Å². The van der Waals surface area contributed by atoms with E-state index in [1.807, 2.05) is 12.1 Å². The van der Waals surface area contributed by atoms with Crippen LogP contribution in [0.3, 0.4) is 0 Å². The zero-order valence-electron chi connectivity index (χ0n) is 17.1. The Hall–Kier alpha value is -2.91. The molecule has 0 bridgehead atoms. The van der Waals surface area contributed by atoms with Crippen LogP contribution in [0.25, 0.3) is 0 Å². The molecule has 1 aromatic rings. The van der Waals surface area contributed by atoms with E-state index < -0.39 is 30.1 Å². The number of ketones is 1. The standard InChI is InChI=1S/C21H27N3O6/c1-21(2)12-16(26)11-18(30-21)20(28)23-17(13-25)19(27)22-14-3-5-15(6-4-14)24-7-9-29-10-8-24/h3-6,11,17,25H,7-10,12-13H2,1-2H3,(H,22,27)(H,23,28)/t17-/m0/s1. The number of rotatable bonds is 6. The highest BCUT2D eigenvalue weighted by atomic mass is 16.5. The first kappa shape index (κ1) is 21.8. The predicted molar refractivity (Wildman–Crippen MR) is 110 cm³/mol. The molecule has 3 N–H and O–H groups in total. The Bertz CT molecular complexity index is 828. The van der Waals surface area contributed by atoms with E-state index in [9.17, 15) is 19.5 Å². The van der Waals surface area contributed by atoms with Gasteiger partial charge in [-0.1, -0.05) is 0 Å². The third-order valence-corrected chi connectivity index (χ3v) is 4.82. The molecule has 0 saturated carbocycles.